The summed E-state index contributed by atoms with van der Waals surface area (Å²) < 4.78 is 37.6. The number of halogens is 3. The van der Waals surface area contributed by atoms with Crippen molar-refractivity contribution in [3.8, 4) is 5.75 Å². The lowest BCUT2D eigenvalue weighted by atomic mass is 10.2. The molecule has 0 aliphatic rings. The van der Waals surface area contributed by atoms with Crippen LogP contribution in [0.1, 0.15) is 11.1 Å². The van der Waals surface area contributed by atoms with E-state index in [0.29, 0.717) is 11.3 Å². The number of nitrogens with zero attached hydrogens (tertiary/aromatic N) is 2. The highest BCUT2D eigenvalue weighted by atomic mass is 19.4. The molecule has 0 unspecified atom stereocenters. The minimum atomic E-state index is -4.40. The normalized spacial score (nSPS) is 12.0. The van der Waals surface area contributed by atoms with Crippen LogP contribution in [0.4, 0.5) is 24.5 Å². The quantitative estimate of drug-likeness (QED) is 0.761. The second kappa shape index (κ2) is 5.32. The van der Waals surface area contributed by atoms with Gasteiger partial charge in [-0.25, -0.2) is 0 Å². The lowest BCUT2D eigenvalue weighted by Gasteiger charge is -2.06. The first-order valence-electron chi connectivity index (χ1n) is 5.75. The predicted molar refractivity (Wildman–Crippen MR) is 68.5 cm³/mol. The second-order valence-electron chi connectivity index (χ2n) is 4.22. The van der Waals surface area contributed by atoms with E-state index in [2.05, 4.69) is 10.2 Å². The van der Waals surface area contributed by atoms with Gasteiger partial charge in [0.15, 0.2) is 0 Å². The highest BCUT2D eigenvalue weighted by Gasteiger charge is 2.30. The number of rotatable bonds is 2. The molecule has 0 atom stereocenters. The van der Waals surface area contributed by atoms with Crippen molar-refractivity contribution in [3.63, 3.8) is 0 Å². The zero-order valence-electron chi connectivity index (χ0n) is 10.5. The van der Waals surface area contributed by atoms with Crippen LogP contribution in [0, 0.1) is 6.92 Å². The van der Waals surface area contributed by atoms with Crippen molar-refractivity contribution in [3.05, 3.63) is 53.6 Å². The summed E-state index contributed by atoms with van der Waals surface area (Å²) in [5.74, 6) is 0.0977. The lowest BCUT2D eigenvalue weighted by Crippen LogP contribution is -2.03. The van der Waals surface area contributed by atoms with E-state index >= 15 is 0 Å². The summed E-state index contributed by atoms with van der Waals surface area (Å²) in [6.07, 6.45) is -4.40. The standard InChI is InChI=1S/C14H11F3N2O/c1-9-7-12(20)5-6-13(9)19-18-11-4-2-3-10(8-11)14(15,16)17/h2-8,20H,1H3/b19-18+. The summed E-state index contributed by atoms with van der Waals surface area (Å²) in [7, 11) is 0. The number of alkyl halides is 3. The minimum Gasteiger partial charge on any atom is -0.508 e. The van der Waals surface area contributed by atoms with E-state index in [9.17, 15) is 18.3 Å². The third-order valence-corrected chi connectivity index (χ3v) is 2.63. The Hall–Kier alpha value is -2.37. The first-order chi connectivity index (χ1) is 9.36. The van der Waals surface area contributed by atoms with E-state index < -0.39 is 11.7 Å². The Bertz CT molecular complexity index is 651. The fourth-order valence-corrected chi connectivity index (χ4v) is 1.61. The Morgan fingerprint density at radius 1 is 1.00 bits per heavy atom. The topological polar surface area (TPSA) is 45.0 Å². The van der Waals surface area contributed by atoms with Crippen molar-refractivity contribution in [2.24, 2.45) is 10.2 Å². The molecule has 0 aliphatic heterocycles. The van der Waals surface area contributed by atoms with E-state index in [1.54, 1.807) is 13.0 Å². The summed E-state index contributed by atoms with van der Waals surface area (Å²) in [5, 5.41) is 16.9. The molecule has 2 aromatic rings. The van der Waals surface area contributed by atoms with Crippen LogP contribution in [-0.2, 0) is 6.18 Å². The number of benzene rings is 2. The number of phenols is 1. The van der Waals surface area contributed by atoms with Gasteiger partial charge in [0.05, 0.1) is 16.9 Å². The van der Waals surface area contributed by atoms with E-state index in [4.69, 9.17) is 0 Å². The van der Waals surface area contributed by atoms with Gasteiger partial charge in [0.2, 0.25) is 0 Å². The number of aromatic hydroxyl groups is 1. The van der Waals surface area contributed by atoms with Gasteiger partial charge in [-0.05, 0) is 48.9 Å². The van der Waals surface area contributed by atoms with Gasteiger partial charge in [0.1, 0.15) is 5.75 Å². The SMILES string of the molecule is Cc1cc(O)ccc1/N=N/c1cccc(C(F)(F)F)c1. The van der Waals surface area contributed by atoms with E-state index in [1.807, 2.05) is 0 Å². The number of azo groups is 1. The van der Waals surface area contributed by atoms with E-state index in [1.165, 1.54) is 24.3 Å². The maximum Gasteiger partial charge on any atom is 0.416 e. The molecule has 0 aliphatic carbocycles. The number of aryl methyl sites for hydroxylation is 1. The molecule has 2 rings (SSSR count). The Labute approximate surface area is 113 Å². The number of hydrogen-bond acceptors (Lipinski definition) is 3. The third-order valence-electron chi connectivity index (χ3n) is 2.63. The van der Waals surface area contributed by atoms with Crippen molar-refractivity contribution < 1.29 is 18.3 Å². The summed E-state index contributed by atoms with van der Waals surface area (Å²) in [4.78, 5) is 0. The molecule has 2 aromatic carbocycles. The Morgan fingerprint density at radius 3 is 2.40 bits per heavy atom. The van der Waals surface area contributed by atoms with Crippen LogP contribution in [0.25, 0.3) is 0 Å². The van der Waals surface area contributed by atoms with Crippen LogP contribution in [0.5, 0.6) is 5.75 Å². The molecule has 1 N–H and O–H groups in total. The van der Waals surface area contributed by atoms with Crippen molar-refractivity contribution in [1.82, 2.24) is 0 Å². The molecule has 3 nitrogen and oxygen atoms in total. The molecule has 0 fully saturated rings. The van der Waals surface area contributed by atoms with Gasteiger partial charge in [0, 0.05) is 0 Å². The Balaban J connectivity index is 2.28. The third kappa shape index (κ3) is 3.34. The average molecular weight is 280 g/mol. The molecule has 0 saturated carbocycles. The zero-order valence-corrected chi connectivity index (χ0v) is 10.5. The summed E-state index contributed by atoms with van der Waals surface area (Å²) in [5.41, 5.74) is 0.518. The van der Waals surface area contributed by atoms with Crippen LogP contribution in [0.3, 0.4) is 0 Å². The van der Waals surface area contributed by atoms with Gasteiger partial charge >= 0.3 is 6.18 Å². The van der Waals surface area contributed by atoms with Crippen LogP contribution < -0.4 is 0 Å². The molecule has 0 heterocycles. The van der Waals surface area contributed by atoms with Crippen molar-refractivity contribution in [2.45, 2.75) is 13.1 Å². The summed E-state index contributed by atoms with van der Waals surface area (Å²) in [6, 6.07) is 9.11. The largest absolute Gasteiger partial charge is 0.508 e. The fraction of sp³-hybridized carbons (Fsp3) is 0.143. The Kier molecular flexibility index (Phi) is 3.74. The molecule has 0 bridgehead atoms. The summed E-state index contributed by atoms with van der Waals surface area (Å²) >= 11 is 0. The van der Waals surface area contributed by atoms with Crippen LogP contribution in [-0.4, -0.2) is 5.11 Å². The maximum absolute atomic E-state index is 12.5. The van der Waals surface area contributed by atoms with E-state index in [0.717, 1.165) is 12.1 Å². The highest BCUT2D eigenvalue weighted by molar-refractivity contribution is 5.49. The first kappa shape index (κ1) is 14.0. The molecule has 0 saturated heterocycles. The predicted octanol–water partition coefficient (Wildman–Crippen LogP) is 5.13. The van der Waals surface area contributed by atoms with Gasteiger partial charge < -0.3 is 5.11 Å². The molecule has 20 heavy (non-hydrogen) atoms. The van der Waals surface area contributed by atoms with Gasteiger partial charge in [-0.3, -0.25) is 0 Å². The lowest BCUT2D eigenvalue weighted by molar-refractivity contribution is -0.137. The molecule has 6 heteroatoms. The summed E-state index contributed by atoms with van der Waals surface area (Å²) in [6.45, 7) is 1.72. The molecule has 104 valence electrons. The van der Waals surface area contributed by atoms with Crippen LogP contribution in [0.2, 0.25) is 0 Å². The van der Waals surface area contributed by atoms with Gasteiger partial charge in [-0.15, -0.1) is 0 Å². The fourth-order valence-electron chi connectivity index (χ4n) is 1.61. The molecular weight excluding hydrogens is 269 g/mol. The molecule has 0 spiro atoms. The molecule has 0 aromatic heterocycles. The Morgan fingerprint density at radius 2 is 1.75 bits per heavy atom. The molecular formula is C14H11F3N2O. The van der Waals surface area contributed by atoms with Crippen LogP contribution in [0.15, 0.2) is 52.7 Å². The smallest absolute Gasteiger partial charge is 0.416 e. The number of hydrogen-bond donors (Lipinski definition) is 1. The molecule has 0 amide bonds. The highest BCUT2D eigenvalue weighted by Crippen LogP contribution is 2.32. The minimum absolute atomic E-state index is 0.0977. The number of phenolic OH excluding ortho intramolecular Hbond substituents is 1. The van der Waals surface area contributed by atoms with Gasteiger partial charge in [-0.2, -0.15) is 23.4 Å². The first-order valence-corrected chi connectivity index (χ1v) is 5.75. The monoisotopic (exact) mass is 280 g/mol. The van der Waals surface area contributed by atoms with Crippen molar-refractivity contribution >= 4 is 11.4 Å². The average Bonchev–Trinajstić information content (AvgIpc) is 2.37. The van der Waals surface area contributed by atoms with Gasteiger partial charge in [0.25, 0.3) is 0 Å². The van der Waals surface area contributed by atoms with Crippen molar-refractivity contribution in [2.75, 3.05) is 0 Å². The van der Waals surface area contributed by atoms with Gasteiger partial charge in [-0.1, -0.05) is 6.07 Å². The second-order valence-corrected chi connectivity index (χ2v) is 4.22. The van der Waals surface area contributed by atoms with Crippen molar-refractivity contribution in [1.29, 1.82) is 0 Å². The zero-order chi connectivity index (χ0) is 14.8. The van der Waals surface area contributed by atoms with E-state index in [-0.39, 0.29) is 11.4 Å². The van der Waals surface area contributed by atoms with Crippen LogP contribution >= 0.6 is 0 Å². The maximum atomic E-state index is 12.5. The molecule has 0 radical (unpaired) electrons.